The smallest absolute Gasteiger partial charge is 0.309 e. The molecular weight excluding hydrogens is 192 g/mol. The van der Waals surface area contributed by atoms with E-state index in [-0.39, 0.29) is 6.10 Å². The highest BCUT2D eigenvalue weighted by molar-refractivity contribution is 5.71. The molecule has 1 aromatic rings. The summed E-state index contributed by atoms with van der Waals surface area (Å²) in [6, 6.07) is 9.58. The van der Waals surface area contributed by atoms with E-state index < -0.39 is 11.9 Å². The molecule has 1 N–H and O–H groups in total. The molecule has 0 saturated carbocycles. The molecule has 3 nitrogen and oxygen atoms in total. The minimum atomic E-state index is -0.761. The monoisotopic (exact) mass is 206 g/mol. The van der Waals surface area contributed by atoms with Crippen LogP contribution < -0.4 is 0 Å². The summed E-state index contributed by atoms with van der Waals surface area (Å²) in [6.07, 6.45) is 1.26. The molecule has 1 saturated heterocycles. The Balaban J connectivity index is 2.22. The first-order valence-corrected chi connectivity index (χ1v) is 5.18. The summed E-state index contributed by atoms with van der Waals surface area (Å²) in [6.45, 7) is 0.656. The van der Waals surface area contributed by atoms with Crippen molar-refractivity contribution in [2.75, 3.05) is 6.61 Å². The van der Waals surface area contributed by atoms with Crippen molar-refractivity contribution in [2.45, 2.75) is 18.9 Å². The van der Waals surface area contributed by atoms with Gasteiger partial charge < -0.3 is 9.84 Å². The maximum atomic E-state index is 11.1. The van der Waals surface area contributed by atoms with Gasteiger partial charge in [0.15, 0.2) is 0 Å². The Kier molecular flexibility index (Phi) is 3.02. The second-order valence-electron chi connectivity index (χ2n) is 3.79. The van der Waals surface area contributed by atoms with Gasteiger partial charge in [-0.15, -0.1) is 0 Å². The normalized spacial score (nSPS) is 26.1. The maximum absolute atomic E-state index is 11.1. The van der Waals surface area contributed by atoms with Crippen LogP contribution in [-0.2, 0) is 9.53 Å². The molecular formula is C12H14O3. The van der Waals surface area contributed by atoms with E-state index in [1.807, 2.05) is 30.3 Å². The topological polar surface area (TPSA) is 46.5 Å². The summed E-state index contributed by atoms with van der Waals surface area (Å²) < 4.78 is 5.56. The zero-order valence-electron chi connectivity index (χ0n) is 8.43. The third kappa shape index (κ3) is 2.18. The van der Waals surface area contributed by atoms with E-state index in [0.717, 1.165) is 12.0 Å². The number of hydrogen-bond acceptors (Lipinski definition) is 2. The average molecular weight is 206 g/mol. The lowest BCUT2D eigenvalue weighted by Crippen LogP contribution is -2.28. The molecule has 1 fully saturated rings. The van der Waals surface area contributed by atoms with E-state index >= 15 is 0 Å². The quantitative estimate of drug-likeness (QED) is 0.807. The van der Waals surface area contributed by atoms with E-state index in [9.17, 15) is 4.79 Å². The van der Waals surface area contributed by atoms with Crippen molar-refractivity contribution in [3.05, 3.63) is 35.9 Å². The van der Waals surface area contributed by atoms with Gasteiger partial charge in [-0.25, -0.2) is 0 Å². The molecule has 0 amide bonds. The van der Waals surface area contributed by atoms with E-state index in [0.29, 0.717) is 13.0 Å². The Morgan fingerprint density at radius 3 is 2.73 bits per heavy atom. The second kappa shape index (κ2) is 4.45. The zero-order chi connectivity index (χ0) is 10.7. The van der Waals surface area contributed by atoms with Crippen molar-refractivity contribution in [2.24, 2.45) is 5.92 Å². The molecule has 1 aromatic carbocycles. The van der Waals surface area contributed by atoms with Crippen molar-refractivity contribution in [3.63, 3.8) is 0 Å². The second-order valence-corrected chi connectivity index (χ2v) is 3.79. The molecule has 0 spiro atoms. The van der Waals surface area contributed by atoms with Crippen LogP contribution in [0.15, 0.2) is 30.3 Å². The van der Waals surface area contributed by atoms with Gasteiger partial charge in [0.2, 0.25) is 0 Å². The lowest BCUT2D eigenvalue weighted by Gasteiger charge is -2.29. The van der Waals surface area contributed by atoms with Crippen LogP contribution in [0.2, 0.25) is 0 Å². The number of carbonyl (C=O) groups is 1. The molecule has 80 valence electrons. The molecule has 0 aliphatic carbocycles. The molecule has 2 rings (SSSR count). The predicted octanol–water partition coefficient (Wildman–Crippen LogP) is 2.24. The number of carboxylic acid groups (broad SMARTS) is 1. The highest BCUT2D eigenvalue weighted by Gasteiger charge is 2.32. The summed E-state index contributed by atoms with van der Waals surface area (Å²) >= 11 is 0. The minimum Gasteiger partial charge on any atom is -0.481 e. The fourth-order valence-electron chi connectivity index (χ4n) is 2.01. The highest BCUT2D eigenvalue weighted by Crippen LogP contribution is 2.33. The Labute approximate surface area is 88.7 Å². The van der Waals surface area contributed by atoms with E-state index in [4.69, 9.17) is 9.84 Å². The highest BCUT2D eigenvalue weighted by atomic mass is 16.5. The first kappa shape index (κ1) is 10.2. The molecule has 0 radical (unpaired) electrons. The van der Waals surface area contributed by atoms with Gasteiger partial charge in [-0.1, -0.05) is 30.3 Å². The molecule has 1 aliphatic heterocycles. The third-order valence-electron chi connectivity index (χ3n) is 2.77. The van der Waals surface area contributed by atoms with Crippen molar-refractivity contribution in [1.29, 1.82) is 0 Å². The van der Waals surface area contributed by atoms with Crippen molar-refractivity contribution in [3.8, 4) is 0 Å². The van der Waals surface area contributed by atoms with Gasteiger partial charge in [-0.3, -0.25) is 4.79 Å². The lowest BCUT2D eigenvalue weighted by molar-refractivity contribution is -0.151. The average Bonchev–Trinajstić information content (AvgIpc) is 2.30. The van der Waals surface area contributed by atoms with Crippen LogP contribution in [0.25, 0.3) is 0 Å². The van der Waals surface area contributed by atoms with Gasteiger partial charge in [-0.2, -0.15) is 0 Å². The Hall–Kier alpha value is -1.35. The number of ether oxygens (including phenoxy) is 1. The predicted molar refractivity (Wildman–Crippen MR) is 55.5 cm³/mol. The molecule has 1 aliphatic rings. The van der Waals surface area contributed by atoms with E-state index in [1.165, 1.54) is 0 Å². The molecule has 2 atom stereocenters. The van der Waals surface area contributed by atoms with Crippen LogP contribution in [-0.4, -0.2) is 17.7 Å². The summed E-state index contributed by atoms with van der Waals surface area (Å²) in [5, 5.41) is 9.09. The number of benzene rings is 1. The number of carboxylic acids is 1. The van der Waals surface area contributed by atoms with Gasteiger partial charge in [0.05, 0.1) is 12.0 Å². The fraction of sp³-hybridized carbons (Fsp3) is 0.417. The lowest BCUT2D eigenvalue weighted by atomic mass is 9.90. The number of aliphatic carboxylic acids is 1. The largest absolute Gasteiger partial charge is 0.481 e. The SMILES string of the molecule is O=C(O)[C@H]1CCCO[C@@H]1c1ccccc1. The molecule has 3 heteroatoms. The maximum Gasteiger partial charge on any atom is 0.309 e. The van der Waals surface area contributed by atoms with Crippen LogP contribution in [0.4, 0.5) is 0 Å². The minimum absolute atomic E-state index is 0.280. The summed E-state index contributed by atoms with van der Waals surface area (Å²) in [4.78, 5) is 11.1. The summed E-state index contributed by atoms with van der Waals surface area (Å²) in [7, 11) is 0. The van der Waals surface area contributed by atoms with Crippen LogP contribution in [0, 0.1) is 5.92 Å². The van der Waals surface area contributed by atoms with E-state index in [2.05, 4.69) is 0 Å². The van der Waals surface area contributed by atoms with Gasteiger partial charge in [0.25, 0.3) is 0 Å². The zero-order valence-corrected chi connectivity index (χ0v) is 8.43. The molecule has 0 aromatic heterocycles. The molecule has 0 bridgehead atoms. The molecule has 1 heterocycles. The van der Waals surface area contributed by atoms with Gasteiger partial charge in [0.1, 0.15) is 0 Å². The number of rotatable bonds is 2. The Morgan fingerprint density at radius 2 is 2.07 bits per heavy atom. The van der Waals surface area contributed by atoms with Gasteiger partial charge >= 0.3 is 5.97 Å². The third-order valence-corrected chi connectivity index (χ3v) is 2.77. The Bertz CT molecular complexity index is 334. The fourth-order valence-corrected chi connectivity index (χ4v) is 2.01. The van der Waals surface area contributed by atoms with Crippen molar-refractivity contribution < 1.29 is 14.6 Å². The first-order valence-electron chi connectivity index (χ1n) is 5.18. The van der Waals surface area contributed by atoms with Crippen LogP contribution in [0.5, 0.6) is 0 Å². The van der Waals surface area contributed by atoms with Crippen LogP contribution in [0.1, 0.15) is 24.5 Å². The van der Waals surface area contributed by atoms with E-state index in [1.54, 1.807) is 0 Å². The summed E-state index contributed by atoms with van der Waals surface area (Å²) in [5.74, 6) is -1.16. The first-order chi connectivity index (χ1) is 7.29. The van der Waals surface area contributed by atoms with Crippen molar-refractivity contribution in [1.82, 2.24) is 0 Å². The van der Waals surface area contributed by atoms with Crippen molar-refractivity contribution >= 4 is 5.97 Å². The molecule has 15 heavy (non-hydrogen) atoms. The summed E-state index contributed by atoms with van der Waals surface area (Å²) in [5.41, 5.74) is 0.963. The number of hydrogen-bond donors (Lipinski definition) is 1. The standard InChI is InChI=1S/C12H14O3/c13-12(14)10-7-4-8-15-11(10)9-5-2-1-3-6-9/h1-3,5-6,10-11H,4,7-8H2,(H,13,14)/t10-,11+/m0/s1. The Morgan fingerprint density at radius 1 is 1.33 bits per heavy atom. The van der Waals surface area contributed by atoms with Gasteiger partial charge in [0, 0.05) is 6.61 Å². The van der Waals surface area contributed by atoms with Crippen LogP contribution >= 0.6 is 0 Å². The van der Waals surface area contributed by atoms with Crippen LogP contribution in [0.3, 0.4) is 0 Å². The van der Waals surface area contributed by atoms with Gasteiger partial charge in [-0.05, 0) is 18.4 Å². The molecule has 0 unspecified atom stereocenters.